The molecule has 182 valence electrons. The number of nitrogens with zero attached hydrogens (tertiary/aromatic N) is 3. The van der Waals surface area contributed by atoms with E-state index in [2.05, 4.69) is 52.8 Å². The summed E-state index contributed by atoms with van der Waals surface area (Å²) in [7, 11) is 1.69. The smallest absolute Gasteiger partial charge is 0.324 e. The Morgan fingerprint density at radius 1 is 1.00 bits per heavy atom. The van der Waals surface area contributed by atoms with Crippen LogP contribution in [0.4, 0.5) is 16.2 Å². The van der Waals surface area contributed by atoms with Crippen LogP contribution in [0.1, 0.15) is 42.1 Å². The lowest BCUT2D eigenvalue weighted by molar-refractivity contribution is -0.125. The molecular weight excluding hydrogens is 454 g/mol. The second-order valence-electron chi connectivity index (χ2n) is 10.7. The Labute approximate surface area is 208 Å². The quantitative estimate of drug-likeness (QED) is 0.560. The van der Waals surface area contributed by atoms with Gasteiger partial charge in [0.05, 0.1) is 17.8 Å². The van der Waals surface area contributed by atoms with Gasteiger partial charge in [0, 0.05) is 60.6 Å². The average molecular weight is 482 g/mol. The van der Waals surface area contributed by atoms with Crippen molar-refractivity contribution in [1.29, 1.82) is 0 Å². The third-order valence-electron chi connectivity index (χ3n) is 8.83. The number of urea groups is 1. The van der Waals surface area contributed by atoms with E-state index in [4.69, 9.17) is 4.98 Å². The second kappa shape index (κ2) is 7.06. The number of aromatic nitrogens is 1. The summed E-state index contributed by atoms with van der Waals surface area (Å²) >= 11 is 0. The molecule has 0 bridgehead atoms. The molecule has 3 aliphatic heterocycles. The molecular formula is C28H27N5O3. The second-order valence-corrected chi connectivity index (χ2v) is 10.7. The van der Waals surface area contributed by atoms with Crippen molar-refractivity contribution < 1.29 is 14.4 Å². The van der Waals surface area contributed by atoms with E-state index in [1.807, 2.05) is 12.1 Å². The molecule has 8 heteroatoms. The van der Waals surface area contributed by atoms with Gasteiger partial charge >= 0.3 is 6.03 Å². The first kappa shape index (κ1) is 21.4. The topological polar surface area (TPSA) is 94.6 Å². The Bertz CT molecular complexity index is 1520. The molecule has 0 saturated carbocycles. The fourth-order valence-corrected chi connectivity index (χ4v) is 6.85. The van der Waals surface area contributed by atoms with Crippen LogP contribution in [-0.2, 0) is 34.4 Å². The van der Waals surface area contributed by atoms with Crippen LogP contribution in [0.5, 0.6) is 0 Å². The van der Waals surface area contributed by atoms with Gasteiger partial charge in [-0.25, -0.2) is 4.79 Å². The molecule has 7 rings (SSSR count). The predicted octanol–water partition coefficient (Wildman–Crippen LogP) is 3.26. The minimum absolute atomic E-state index is 0.0853. The molecule has 1 aliphatic carbocycles. The maximum absolute atomic E-state index is 12.7. The highest BCUT2D eigenvalue weighted by atomic mass is 16.2. The molecule has 36 heavy (non-hydrogen) atoms. The highest BCUT2D eigenvalue weighted by molar-refractivity contribution is 6.08. The SMILES string of the molecule is CCC12CC(=O)Nc3cccc(c31)N(Cc1ccc3cc4c(cc3n1)CC1(C4)C(=O)NC(=O)N1C)C2. The molecule has 1 fully saturated rings. The highest BCUT2D eigenvalue weighted by Gasteiger charge is 2.54. The van der Waals surface area contributed by atoms with E-state index < -0.39 is 5.54 Å². The molecule has 1 aromatic heterocycles. The first-order valence-electron chi connectivity index (χ1n) is 12.5. The fraction of sp³-hybridized carbons (Fsp3) is 0.357. The number of carbonyl (C=O) groups excluding carboxylic acids is 3. The fourth-order valence-electron chi connectivity index (χ4n) is 6.85. The van der Waals surface area contributed by atoms with Crippen LogP contribution in [0.2, 0.25) is 0 Å². The van der Waals surface area contributed by atoms with Gasteiger partial charge in [-0.3, -0.25) is 19.9 Å². The van der Waals surface area contributed by atoms with Crippen molar-refractivity contribution in [3.05, 3.63) is 64.8 Å². The number of carbonyl (C=O) groups is 3. The van der Waals surface area contributed by atoms with Gasteiger partial charge in [-0.05, 0) is 47.9 Å². The normalized spacial score (nSPS) is 26.0. The minimum atomic E-state index is -0.836. The molecule has 4 aliphatic rings. The molecule has 2 aromatic carbocycles. The van der Waals surface area contributed by atoms with Crippen LogP contribution in [-0.4, -0.2) is 46.9 Å². The summed E-state index contributed by atoms with van der Waals surface area (Å²) in [5.74, 6) is -0.136. The van der Waals surface area contributed by atoms with Crippen LogP contribution >= 0.6 is 0 Å². The van der Waals surface area contributed by atoms with Gasteiger partial charge in [0.1, 0.15) is 5.54 Å². The Morgan fingerprint density at radius 2 is 1.81 bits per heavy atom. The molecule has 1 spiro atoms. The standard InChI is InChI=1S/C28H27N5O3/c1-3-27-13-23(34)30-20-5-4-6-22(24(20)27)33(15-27)14-19-8-7-16-9-17-11-28(12-18(17)10-21(16)29-19)25(35)31-26(36)32(28)2/h4-10H,3,11-15H2,1-2H3,(H,30,34)(H,31,35,36). The summed E-state index contributed by atoms with van der Waals surface area (Å²) < 4.78 is 0. The van der Waals surface area contributed by atoms with E-state index in [1.54, 1.807) is 11.9 Å². The molecule has 2 unspecified atom stereocenters. The van der Waals surface area contributed by atoms with Crippen LogP contribution in [0, 0.1) is 0 Å². The number of amides is 4. The van der Waals surface area contributed by atoms with Crippen molar-refractivity contribution in [3.8, 4) is 0 Å². The molecule has 2 atom stereocenters. The third kappa shape index (κ3) is 2.75. The summed E-state index contributed by atoms with van der Waals surface area (Å²) in [4.78, 5) is 46.1. The largest absolute Gasteiger partial charge is 0.364 e. The summed E-state index contributed by atoms with van der Waals surface area (Å²) in [5.41, 5.74) is 6.39. The van der Waals surface area contributed by atoms with E-state index in [1.165, 1.54) is 11.3 Å². The Kier molecular flexibility index (Phi) is 4.19. The van der Waals surface area contributed by atoms with E-state index >= 15 is 0 Å². The average Bonchev–Trinajstić information content (AvgIpc) is 3.45. The van der Waals surface area contributed by atoms with Gasteiger partial charge in [0.15, 0.2) is 0 Å². The molecule has 4 amide bonds. The van der Waals surface area contributed by atoms with Gasteiger partial charge < -0.3 is 15.1 Å². The van der Waals surface area contributed by atoms with Crippen molar-refractivity contribution in [2.75, 3.05) is 23.8 Å². The van der Waals surface area contributed by atoms with Gasteiger partial charge in [-0.15, -0.1) is 0 Å². The van der Waals surface area contributed by atoms with Gasteiger partial charge in [-0.2, -0.15) is 0 Å². The third-order valence-corrected chi connectivity index (χ3v) is 8.83. The van der Waals surface area contributed by atoms with Crippen LogP contribution < -0.4 is 15.5 Å². The lowest BCUT2D eigenvalue weighted by Crippen LogP contribution is -2.48. The van der Waals surface area contributed by atoms with Gasteiger partial charge in [-0.1, -0.05) is 19.1 Å². The minimum Gasteiger partial charge on any atom is -0.364 e. The van der Waals surface area contributed by atoms with Crippen LogP contribution in [0.3, 0.4) is 0 Å². The lowest BCUT2D eigenvalue weighted by atomic mass is 9.74. The highest BCUT2D eigenvalue weighted by Crippen LogP contribution is 2.51. The molecule has 4 heterocycles. The van der Waals surface area contributed by atoms with Crippen molar-refractivity contribution in [3.63, 3.8) is 0 Å². The lowest BCUT2D eigenvalue weighted by Gasteiger charge is -2.33. The zero-order valence-corrected chi connectivity index (χ0v) is 20.4. The van der Waals surface area contributed by atoms with E-state index in [0.717, 1.165) is 46.4 Å². The summed E-state index contributed by atoms with van der Waals surface area (Å²) in [5, 5.41) is 6.55. The Hall–Kier alpha value is -3.94. The van der Waals surface area contributed by atoms with Gasteiger partial charge in [0.2, 0.25) is 5.91 Å². The molecule has 1 saturated heterocycles. The van der Waals surface area contributed by atoms with Crippen molar-refractivity contribution in [1.82, 2.24) is 15.2 Å². The summed E-state index contributed by atoms with van der Waals surface area (Å²) in [6.07, 6.45) is 2.44. The van der Waals surface area contributed by atoms with Crippen molar-refractivity contribution in [2.24, 2.45) is 0 Å². The van der Waals surface area contributed by atoms with E-state index in [-0.39, 0.29) is 23.3 Å². The van der Waals surface area contributed by atoms with E-state index in [0.29, 0.717) is 25.8 Å². The number of hydrogen-bond donors (Lipinski definition) is 2. The first-order valence-corrected chi connectivity index (χ1v) is 12.5. The van der Waals surface area contributed by atoms with Gasteiger partial charge in [0.25, 0.3) is 5.91 Å². The number of benzene rings is 2. The predicted molar refractivity (Wildman–Crippen MR) is 136 cm³/mol. The Morgan fingerprint density at radius 3 is 2.56 bits per heavy atom. The van der Waals surface area contributed by atoms with E-state index in [9.17, 15) is 14.4 Å². The summed E-state index contributed by atoms with van der Waals surface area (Å²) in [6, 6.07) is 14.2. The molecule has 0 radical (unpaired) electrons. The molecule has 3 aromatic rings. The number of likely N-dealkylation sites (N-methyl/N-ethyl adjacent to an activating group) is 1. The van der Waals surface area contributed by atoms with Crippen LogP contribution in [0.25, 0.3) is 10.9 Å². The number of anilines is 2. The maximum atomic E-state index is 12.7. The number of fused-ring (bicyclic) bond motifs is 2. The number of nitrogens with one attached hydrogen (secondary N) is 2. The summed E-state index contributed by atoms with van der Waals surface area (Å²) in [6.45, 7) is 3.62. The van der Waals surface area contributed by atoms with Crippen molar-refractivity contribution >= 4 is 40.1 Å². The van der Waals surface area contributed by atoms with Crippen LogP contribution in [0.15, 0.2) is 42.5 Å². The first-order chi connectivity index (χ1) is 17.3. The van der Waals surface area contributed by atoms with Crippen molar-refractivity contribution in [2.45, 2.75) is 50.1 Å². The zero-order chi connectivity index (χ0) is 24.8. The number of hydrogen-bond acceptors (Lipinski definition) is 5. The molecule has 2 N–H and O–H groups in total. The monoisotopic (exact) mass is 481 g/mol. The zero-order valence-electron chi connectivity index (χ0n) is 20.4. The Balaban J connectivity index is 1.22. The number of imide groups is 1. The maximum Gasteiger partial charge on any atom is 0.324 e. The number of pyridine rings is 1. The molecule has 8 nitrogen and oxygen atoms in total. The number of rotatable bonds is 3.